The first-order valence-corrected chi connectivity index (χ1v) is 11.9. The van der Waals surface area contributed by atoms with Crippen molar-refractivity contribution in [1.82, 2.24) is 14.8 Å². The molecule has 11 heteroatoms. The van der Waals surface area contributed by atoms with Crippen molar-refractivity contribution in [3.05, 3.63) is 70.1 Å². The molecule has 0 radical (unpaired) electrons. The van der Waals surface area contributed by atoms with E-state index >= 15 is 0 Å². The molecule has 0 aliphatic carbocycles. The Balaban J connectivity index is 1.55. The first-order chi connectivity index (χ1) is 17.5. The summed E-state index contributed by atoms with van der Waals surface area (Å²) in [4.78, 5) is 50.5. The average Bonchev–Trinajstić information content (AvgIpc) is 3.40. The van der Waals surface area contributed by atoms with E-state index in [1.54, 1.807) is 18.2 Å². The van der Waals surface area contributed by atoms with Crippen molar-refractivity contribution in [3.8, 4) is 0 Å². The molecule has 0 unspecified atom stereocenters. The molecule has 37 heavy (non-hydrogen) atoms. The lowest BCUT2D eigenvalue weighted by atomic mass is 10.1. The first-order valence-electron chi connectivity index (χ1n) is 11.5. The molecule has 2 N–H and O–H groups in total. The summed E-state index contributed by atoms with van der Waals surface area (Å²) in [6.07, 6.45) is -0.368. The number of rotatable bonds is 8. The summed E-state index contributed by atoms with van der Waals surface area (Å²) in [5.74, 6) is -3.12. The predicted molar refractivity (Wildman–Crippen MR) is 132 cm³/mol. The summed E-state index contributed by atoms with van der Waals surface area (Å²) in [5, 5.41) is 12.1. The molecule has 194 valence electrons. The second kappa shape index (κ2) is 10.7. The van der Waals surface area contributed by atoms with Gasteiger partial charge in [-0.05, 0) is 24.6 Å². The third kappa shape index (κ3) is 5.64. The number of halogens is 3. The number of carbonyl (C=O) groups is 4. The summed E-state index contributed by atoms with van der Waals surface area (Å²) < 4.78 is 30.0. The van der Waals surface area contributed by atoms with Gasteiger partial charge >= 0.3 is 5.97 Å². The first kappa shape index (κ1) is 26.3. The van der Waals surface area contributed by atoms with Gasteiger partial charge in [0.2, 0.25) is 11.8 Å². The molecule has 2 amide bonds. The van der Waals surface area contributed by atoms with E-state index in [0.717, 1.165) is 4.90 Å². The van der Waals surface area contributed by atoms with Crippen molar-refractivity contribution in [2.45, 2.75) is 45.1 Å². The Bertz CT molecular complexity index is 1410. The van der Waals surface area contributed by atoms with Crippen molar-refractivity contribution >= 4 is 46.1 Å². The van der Waals surface area contributed by atoms with Crippen LogP contribution in [0.2, 0.25) is 5.02 Å². The number of carboxylic acid groups (broad SMARTS) is 1. The summed E-state index contributed by atoms with van der Waals surface area (Å²) in [6, 6.07) is 8.10. The fourth-order valence-corrected chi connectivity index (χ4v) is 4.76. The normalized spacial score (nSPS) is 17.2. The SMILES string of the molecule is CC(=O)c1cn(CC(=O)N2C[C@H](F)C[C@H]2C(=O)NCc2cccc(Cl)c2F)c2cc(CC(=O)O)ccc12. The molecule has 1 fully saturated rings. The Labute approximate surface area is 215 Å². The lowest BCUT2D eigenvalue weighted by molar-refractivity contribution is -0.139. The molecule has 1 aliphatic heterocycles. The van der Waals surface area contributed by atoms with Crippen LogP contribution < -0.4 is 5.32 Å². The van der Waals surface area contributed by atoms with Crippen molar-refractivity contribution in [2.24, 2.45) is 0 Å². The summed E-state index contributed by atoms with van der Waals surface area (Å²) in [5.41, 5.74) is 1.47. The zero-order chi connectivity index (χ0) is 26.9. The van der Waals surface area contributed by atoms with Gasteiger partial charge in [0.15, 0.2) is 5.78 Å². The van der Waals surface area contributed by atoms with E-state index in [2.05, 4.69) is 5.32 Å². The predicted octanol–water partition coefficient (Wildman–Crippen LogP) is 3.52. The Morgan fingerprint density at radius 2 is 1.95 bits per heavy atom. The summed E-state index contributed by atoms with van der Waals surface area (Å²) >= 11 is 5.77. The van der Waals surface area contributed by atoms with E-state index < -0.39 is 35.8 Å². The zero-order valence-corrected chi connectivity index (χ0v) is 20.6. The van der Waals surface area contributed by atoms with Crippen LogP contribution in [0.25, 0.3) is 10.9 Å². The van der Waals surface area contributed by atoms with E-state index in [9.17, 15) is 28.0 Å². The number of amides is 2. The summed E-state index contributed by atoms with van der Waals surface area (Å²) in [7, 11) is 0. The van der Waals surface area contributed by atoms with Gasteiger partial charge in [-0.1, -0.05) is 35.9 Å². The number of hydrogen-bond acceptors (Lipinski definition) is 4. The number of ketones is 1. The lowest BCUT2D eigenvalue weighted by Crippen LogP contribution is -2.46. The minimum absolute atomic E-state index is 0.0939. The molecule has 1 aromatic heterocycles. The van der Waals surface area contributed by atoms with Gasteiger partial charge in [0.05, 0.1) is 18.0 Å². The largest absolute Gasteiger partial charge is 0.481 e. The van der Waals surface area contributed by atoms with Gasteiger partial charge in [-0.3, -0.25) is 19.2 Å². The molecule has 0 bridgehead atoms. The van der Waals surface area contributed by atoms with Crippen molar-refractivity contribution in [3.63, 3.8) is 0 Å². The maximum absolute atomic E-state index is 14.3. The number of carbonyl (C=O) groups excluding carboxylic acids is 3. The highest BCUT2D eigenvalue weighted by Gasteiger charge is 2.39. The smallest absolute Gasteiger partial charge is 0.307 e. The van der Waals surface area contributed by atoms with Crippen molar-refractivity contribution < 1.29 is 33.1 Å². The molecule has 2 aromatic carbocycles. The van der Waals surface area contributed by atoms with Crippen molar-refractivity contribution in [2.75, 3.05) is 6.54 Å². The third-order valence-electron chi connectivity index (χ3n) is 6.34. The molecule has 1 saturated heterocycles. The van der Waals surface area contributed by atoms with Crippen molar-refractivity contribution in [1.29, 1.82) is 0 Å². The van der Waals surface area contributed by atoms with Crippen LogP contribution in [0.4, 0.5) is 8.78 Å². The molecule has 2 atom stereocenters. The number of nitrogens with one attached hydrogen (secondary N) is 1. The molecule has 2 heterocycles. The molecule has 3 aromatic rings. The molecular weight excluding hydrogens is 508 g/mol. The number of Topliss-reactive ketones (excluding diaryl/α,β-unsaturated/α-hetero) is 1. The molecule has 0 spiro atoms. The average molecular weight is 532 g/mol. The van der Waals surface area contributed by atoms with Crippen LogP contribution in [0.5, 0.6) is 0 Å². The fourth-order valence-electron chi connectivity index (χ4n) is 4.56. The molecule has 1 aliphatic rings. The number of fused-ring (bicyclic) bond motifs is 1. The Kier molecular flexibility index (Phi) is 7.58. The minimum atomic E-state index is -1.42. The molecule has 0 saturated carbocycles. The van der Waals surface area contributed by atoms with Crippen LogP contribution in [0, 0.1) is 5.82 Å². The van der Waals surface area contributed by atoms with Crippen LogP contribution in [0.1, 0.15) is 34.8 Å². The van der Waals surface area contributed by atoms with Crippen LogP contribution in [0.3, 0.4) is 0 Å². The lowest BCUT2D eigenvalue weighted by Gasteiger charge is -2.24. The Morgan fingerprint density at radius 1 is 1.19 bits per heavy atom. The number of aliphatic carboxylic acids is 1. The van der Waals surface area contributed by atoms with Gasteiger partial charge in [0.1, 0.15) is 24.6 Å². The monoisotopic (exact) mass is 531 g/mol. The third-order valence-corrected chi connectivity index (χ3v) is 6.64. The number of alkyl halides is 1. The maximum Gasteiger partial charge on any atom is 0.307 e. The van der Waals surface area contributed by atoms with Gasteiger partial charge in [-0.2, -0.15) is 0 Å². The van der Waals surface area contributed by atoms with E-state index in [1.165, 1.54) is 35.9 Å². The number of carboxylic acids is 1. The van der Waals surface area contributed by atoms with Crippen LogP contribution in [-0.2, 0) is 33.9 Å². The number of likely N-dealkylation sites (tertiary alicyclic amines) is 1. The fraction of sp³-hybridized carbons (Fsp3) is 0.308. The standard InChI is InChI=1S/C26H24ClF2N3O5/c1-14(33)19-12-31(21-7-15(8-24(35)36)5-6-18(19)21)13-23(34)32-11-17(28)9-22(32)26(37)30-10-16-3-2-4-20(27)25(16)29/h2-7,12,17,22H,8-11,13H2,1H3,(H,30,37)(H,35,36)/t17-,22+/m1/s1. The molecule has 8 nitrogen and oxygen atoms in total. The molecular formula is C26H24ClF2N3O5. The number of nitrogens with zero attached hydrogens (tertiary/aromatic N) is 2. The van der Waals surface area contributed by atoms with Crippen LogP contribution in [-0.4, -0.2) is 56.9 Å². The topological polar surface area (TPSA) is 109 Å². The van der Waals surface area contributed by atoms with E-state index in [0.29, 0.717) is 22.0 Å². The quantitative estimate of drug-likeness (QED) is 0.432. The minimum Gasteiger partial charge on any atom is -0.481 e. The van der Waals surface area contributed by atoms with E-state index in [-0.39, 0.29) is 48.8 Å². The van der Waals surface area contributed by atoms with Gasteiger partial charge in [0, 0.05) is 41.2 Å². The highest BCUT2D eigenvalue weighted by Crippen LogP contribution is 2.26. The number of aromatic nitrogens is 1. The van der Waals surface area contributed by atoms with E-state index in [4.69, 9.17) is 16.7 Å². The highest BCUT2D eigenvalue weighted by molar-refractivity contribution is 6.30. The summed E-state index contributed by atoms with van der Waals surface area (Å²) in [6.45, 7) is 0.617. The Hall–Kier alpha value is -3.79. The van der Waals surface area contributed by atoms with Crippen LogP contribution in [0.15, 0.2) is 42.6 Å². The highest BCUT2D eigenvalue weighted by atomic mass is 35.5. The zero-order valence-electron chi connectivity index (χ0n) is 19.8. The van der Waals surface area contributed by atoms with Crippen LogP contribution >= 0.6 is 11.6 Å². The van der Waals surface area contributed by atoms with Gasteiger partial charge in [-0.25, -0.2) is 8.78 Å². The number of hydrogen-bond donors (Lipinski definition) is 2. The number of benzene rings is 2. The molecule has 4 rings (SSSR count). The second-order valence-corrected chi connectivity index (χ2v) is 9.38. The van der Waals surface area contributed by atoms with Gasteiger partial charge in [0.25, 0.3) is 0 Å². The Morgan fingerprint density at radius 3 is 2.65 bits per heavy atom. The van der Waals surface area contributed by atoms with Gasteiger partial charge in [-0.15, -0.1) is 0 Å². The maximum atomic E-state index is 14.3. The van der Waals surface area contributed by atoms with E-state index in [1.807, 2.05) is 0 Å². The second-order valence-electron chi connectivity index (χ2n) is 8.97. The van der Waals surface area contributed by atoms with Gasteiger partial charge < -0.3 is 19.9 Å².